The van der Waals surface area contributed by atoms with Crippen LogP contribution in [0.5, 0.6) is 0 Å². The Morgan fingerprint density at radius 2 is 2.05 bits per heavy atom. The first kappa shape index (κ1) is 16.1. The minimum absolute atomic E-state index is 0.0629. The number of carbonyl (C=O) groups excluding carboxylic acids is 1. The zero-order valence-electron chi connectivity index (χ0n) is 12.8. The van der Waals surface area contributed by atoms with Gasteiger partial charge in [0.05, 0.1) is 11.4 Å². The Bertz CT molecular complexity index is 550. The van der Waals surface area contributed by atoms with E-state index in [2.05, 4.69) is 16.9 Å². The highest BCUT2D eigenvalue weighted by Crippen LogP contribution is 2.16. The van der Waals surface area contributed by atoms with Crippen molar-refractivity contribution < 1.29 is 4.79 Å². The maximum absolute atomic E-state index is 12.1. The minimum Gasteiger partial charge on any atom is -0.342 e. The van der Waals surface area contributed by atoms with E-state index >= 15 is 0 Å². The molecule has 116 valence electrons. The second-order valence-corrected chi connectivity index (χ2v) is 6.24. The predicted molar refractivity (Wildman–Crippen MR) is 84.8 cm³/mol. The number of thioether (sulfide) groups is 1. The summed E-state index contributed by atoms with van der Waals surface area (Å²) in [5, 5.41) is 0.563. The van der Waals surface area contributed by atoms with Crippen molar-refractivity contribution in [1.82, 2.24) is 14.9 Å². The van der Waals surface area contributed by atoms with Crippen molar-refractivity contribution in [3.05, 3.63) is 21.6 Å². The number of likely N-dealkylation sites (tertiary alicyclic amines) is 1. The van der Waals surface area contributed by atoms with Gasteiger partial charge in [0.25, 0.3) is 5.56 Å². The van der Waals surface area contributed by atoms with E-state index < -0.39 is 0 Å². The molecule has 1 amide bonds. The molecule has 0 radical (unpaired) electrons. The zero-order valence-corrected chi connectivity index (χ0v) is 13.6. The molecule has 0 aliphatic carbocycles. The van der Waals surface area contributed by atoms with Crippen LogP contribution in [-0.2, 0) is 17.6 Å². The topological polar surface area (TPSA) is 66.1 Å². The van der Waals surface area contributed by atoms with E-state index in [1.54, 1.807) is 0 Å². The third-order valence-corrected chi connectivity index (χ3v) is 4.57. The molecular weight excluding hydrogens is 286 g/mol. The summed E-state index contributed by atoms with van der Waals surface area (Å²) in [6.07, 6.45) is 4.64. The van der Waals surface area contributed by atoms with Gasteiger partial charge in [-0.1, -0.05) is 32.0 Å². The maximum atomic E-state index is 12.1. The van der Waals surface area contributed by atoms with Gasteiger partial charge in [0, 0.05) is 18.7 Å². The number of aromatic nitrogens is 2. The fourth-order valence-corrected chi connectivity index (χ4v) is 3.37. The predicted octanol–water partition coefficient (Wildman–Crippen LogP) is 2.00. The van der Waals surface area contributed by atoms with Crippen LogP contribution in [0.15, 0.2) is 9.95 Å². The first-order valence-corrected chi connectivity index (χ1v) is 8.66. The second kappa shape index (κ2) is 7.64. The quantitative estimate of drug-likeness (QED) is 0.645. The summed E-state index contributed by atoms with van der Waals surface area (Å²) in [7, 11) is 0. The number of amides is 1. The van der Waals surface area contributed by atoms with Crippen LogP contribution in [0.1, 0.15) is 44.4 Å². The molecule has 1 saturated heterocycles. The monoisotopic (exact) mass is 309 g/mol. The highest BCUT2D eigenvalue weighted by atomic mass is 32.2. The number of carbonyl (C=O) groups is 1. The Kier molecular flexibility index (Phi) is 5.85. The molecule has 1 aromatic rings. The molecule has 1 aliphatic rings. The van der Waals surface area contributed by atoms with Crippen molar-refractivity contribution in [2.24, 2.45) is 0 Å². The number of hydrogen-bond donors (Lipinski definition) is 1. The van der Waals surface area contributed by atoms with E-state index in [1.165, 1.54) is 11.8 Å². The highest BCUT2D eigenvalue weighted by molar-refractivity contribution is 7.99. The molecule has 1 aromatic heterocycles. The number of aryl methyl sites for hydroxylation is 1. The van der Waals surface area contributed by atoms with Crippen LogP contribution in [0.25, 0.3) is 0 Å². The molecule has 1 N–H and O–H groups in total. The zero-order chi connectivity index (χ0) is 15.2. The Balaban J connectivity index is 2.05. The summed E-state index contributed by atoms with van der Waals surface area (Å²) in [6.45, 7) is 5.76. The highest BCUT2D eigenvalue weighted by Gasteiger charge is 2.18. The lowest BCUT2D eigenvalue weighted by Crippen LogP contribution is -2.29. The van der Waals surface area contributed by atoms with Gasteiger partial charge >= 0.3 is 0 Å². The van der Waals surface area contributed by atoms with Crippen LogP contribution in [0.2, 0.25) is 0 Å². The molecule has 0 aromatic carbocycles. The van der Waals surface area contributed by atoms with Crippen molar-refractivity contribution >= 4 is 17.7 Å². The summed E-state index contributed by atoms with van der Waals surface area (Å²) < 4.78 is 0. The largest absolute Gasteiger partial charge is 0.342 e. The third kappa shape index (κ3) is 4.09. The standard InChI is InChI=1S/C15H23N3O2S/c1-3-7-12-11(4-2)14(20)17-15(16-12)21-10-13(19)18-8-5-6-9-18/h3-10H2,1-2H3,(H,16,17,20). The van der Waals surface area contributed by atoms with Gasteiger partial charge in [-0.2, -0.15) is 0 Å². The minimum atomic E-state index is -0.0629. The molecule has 5 nitrogen and oxygen atoms in total. The van der Waals surface area contributed by atoms with E-state index in [4.69, 9.17) is 0 Å². The lowest BCUT2D eigenvalue weighted by molar-refractivity contribution is -0.127. The molecule has 0 spiro atoms. The van der Waals surface area contributed by atoms with Gasteiger partial charge in [-0.25, -0.2) is 4.98 Å². The molecule has 2 heterocycles. The first-order chi connectivity index (χ1) is 10.2. The van der Waals surface area contributed by atoms with E-state index in [0.717, 1.165) is 50.0 Å². The average Bonchev–Trinajstić information content (AvgIpc) is 2.99. The molecular formula is C15H23N3O2S. The van der Waals surface area contributed by atoms with Gasteiger partial charge in [0.2, 0.25) is 5.91 Å². The number of aromatic amines is 1. The summed E-state index contributed by atoms with van der Waals surface area (Å²) >= 11 is 1.33. The van der Waals surface area contributed by atoms with E-state index in [-0.39, 0.29) is 11.5 Å². The Labute approximate surface area is 129 Å². The molecule has 1 aliphatic heterocycles. The van der Waals surface area contributed by atoms with Gasteiger partial charge in [0.1, 0.15) is 0 Å². The van der Waals surface area contributed by atoms with Crippen LogP contribution in [0.4, 0.5) is 0 Å². The summed E-state index contributed by atoms with van der Waals surface area (Å²) in [6, 6.07) is 0. The lowest BCUT2D eigenvalue weighted by atomic mass is 10.1. The van der Waals surface area contributed by atoms with Gasteiger partial charge in [-0.05, 0) is 25.7 Å². The summed E-state index contributed by atoms with van der Waals surface area (Å²) in [5.74, 6) is 0.483. The Morgan fingerprint density at radius 1 is 1.33 bits per heavy atom. The second-order valence-electron chi connectivity index (χ2n) is 5.28. The van der Waals surface area contributed by atoms with Crippen LogP contribution < -0.4 is 5.56 Å². The van der Waals surface area contributed by atoms with Crippen molar-refractivity contribution in [1.29, 1.82) is 0 Å². The fourth-order valence-electron chi connectivity index (χ4n) is 2.59. The Morgan fingerprint density at radius 3 is 2.67 bits per heavy atom. The fraction of sp³-hybridized carbons (Fsp3) is 0.667. The molecule has 0 bridgehead atoms. The number of rotatable bonds is 6. The molecule has 6 heteroatoms. The third-order valence-electron chi connectivity index (χ3n) is 3.71. The van der Waals surface area contributed by atoms with Gasteiger partial charge in [-0.15, -0.1) is 0 Å². The Hall–Kier alpha value is -1.30. The van der Waals surface area contributed by atoms with E-state index in [1.807, 2.05) is 11.8 Å². The van der Waals surface area contributed by atoms with Crippen molar-refractivity contribution in [3.63, 3.8) is 0 Å². The molecule has 0 saturated carbocycles. The molecule has 0 unspecified atom stereocenters. The van der Waals surface area contributed by atoms with Crippen LogP contribution in [-0.4, -0.2) is 39.6 Å². The molecule has 1 fully saturated rings. The number of H-pyrrole nitrogens is 1. The van der Waals surface area contributed by atoms with Gasteiger partial charge < -0.3 is 9.88 Å². The number of nitrogens with one attached hydrogen (secondary N) is 1. The number of hydrogen-bond acceptors (Lipinski definition) is 4. The summed E-state index contributed by atoms with van der Waals surface area (Å²) in [4.78, 5) is 33.3. The van der Waals surface area contributed by atoms with Crippen molar-refractivity contribution in [2.45, 2.75) is 51.1 Å². The van der Waals surface area contributed by atoms with Crippen molar-refractivity contribution in [3.8, 4) is 0 Å². The maximum Gasteiger partial charge on any atom is 0.254 e. The molecule has 21 heavy (non-hydrogen) atoms. The van der Waals surface area contributed by atoms with Crippen molar-refractivity contribution in [2.75, 3.05) is 18.8 Å². The van der Waals surface area contributed by atoms with Crippen LogP contribution in [0.3, 0.4) is 0 Å². The SMILES string of the molecule is CCCc1nc(SCC(=O)N2CCCC2)[nH]c(=O)c1CC. The van der Waals surface area contributed by atoms with Crippen LogP contribution >= 0.6 is 11.8 Å². The van der Waals surface area contributed by atoms with Gasteiger partial charge in [-0.3, -0.25) is 9.59 Å². The summed E-state index contributed by atoms with van der Waals surface area (Å²) in [5.41, 5.74) is 1.58. The smallest absolute Gasteiger partial charge is 0.254 e. The normalized spacial score (nSPS) is 14.7. The van der Waals surface area contributed by atoms with Crippen LogP contribution in [0, 0.1) is 0 Å². The van der Waals surface area contributed by atoms with E-state index in [9.17, 15) is 9.59 Å². The average molecular weight is 309 g/mol. The van der Waals surface area contributed by atoms with Gasteiger partial charge in [0.15, 0.2) is 5.16 Å². The molecule has 0 atom stereocenters. The lowest BCUT2D eigenvalue weighted by Gasteiger charge is -2.14. The van der Waals surface area contributed by atoms with E-state index in [0.29, 0.717) is 17.3 Å². The molecule has 2 rings (SSSR count). The first-order valence-electron chi connectivity index (χ1n) is 7.68. The number of nitrogens with zero attached hydrogens (tertiary/aromatic N) is 2.